The molecule has 0 radical (unpaired) electrons. The van der Waals surface area contributed by atoms with Crippen LogP contribution in [0.4, 0.5) is 5.69 Å². The van der Waals surface area contributed by atoms with Crippen LogP contribution in [0.3, 0.4) is 0 Å². The Hall–Kier alpha value is -1.33. The molecule has 0 saturated carbocycles. The van der Waals surface area contributed by atoms with Crippen molar-refractivity contribution in [1.29, 1.82) is 0 Å². The van der Waals surface area contributed by atoms with Gasteiger partial charge in [-0.2, -0.15) is 0 Å². The summed E-state index contributed by atoms with van der Waals surface area (Å²) in [4.78, 5) is 13.0. The topological polar surface area (TPSA) is 49.8 Å². The number of hydrogen-bond donors (Lipinski definition) is 1. The summed E-state index contributed by atoms with van der Waals surface area (Å²) >= 11 is 3.43. The number of hydrogen-bond acceptors (Lipinski definition) is 3. The molecule has 1 rings (SSSR count). The third kappa shape index (κ3) is 5.52. The summed E-state index contributed by atoms with van der Waals surface area (Å²) < 4.78 is 6.11. The number of carboxylic acid groups (broad SMARTS) is 1. The number of rotatable bonds is 8. The lowest BCUT2D eigenvalue weighted by Crippen LogP contribution is -2.35. The zero-order chi connectivity index (χ0) is 15.8. The van der Waals surface area contributed by atoms with Crippen molar-refractivity contribution >= 4 is 33.7 Å². The Bertz CT molecular complexity index is 502. The summed E-state index contributed by atoms with van der Waals surface area (Å²) in [6.07, 6.45) is 3.79. The van der Waals surface area contributed by atoms with Crippen molar-refractivity contribution in [3.63, 3.8) is 0 Å². The first-order valence-corrected chi connectivity index (χ1v) is 7.75. The van der Waals surface area contributed by atoms with E-state index in [1.807, 2.05) is 18.2 Å². The summed E-state index contributed by atoms with van der Waals surface area (Å²) in [6, 6.07) is 6.25. The molecule has 0 aliphatic rings. The molecule has 0 bridgehead atoms. The lowest BCUT2D eigenvalue weighted by Gasteiger charge is -2.32. The molecule has 0 saturated heterocycles. The highest BCUT2D eigenvalue weighted by Gasteiger charge is 2.15. The Morgan fingerprint density at radius 2 is 2.24 bits per heavy atom. The fourth-order valence-corrected chi connectivity index (χ4v) is 2.45. The molecule has 116 valence electrons. The second kappa shape index (κ2) is 8.85. The van der Waals surface area contributed by atoms with Gasteiger partial charge in [-0.15, -0.1) is 0 Å². The van der Waals surface area contributed by atoms with E-state index in [4.69, 9.17) is 9.84 Å². The molecule has 0 aliphatic carbocycles. The van der Waals surface area contributed by atoms with Gasteiger partial charge in [0.2, 0.25) is 0 Å². The van der Waals surface area contributed by atoms with Gasteiger partial charge in [-0.25, -0.2) is 4.79 Å². The van der Waals surface area contributed by atoms with Crippen LogP contribution >= 0.6 is 15.9 Å². The Labute approximate surface area is 134 Å². The predicted molar refractivity (Wildman–Crippen MR) is 89.8 cm³/mol. The summed E-state index contributed by atoms with van der Waals surface area (Å²) in [7, 11) is 1.68. The summed E-state index contributed by atoms with van der Waals surface area (Å²) in [5.74, 6) is -0.951. The molecule has 21 heavy (non-hydrogen) atoms. The maximum atomic E-state index is 10.8. The maximum Gasteiger partial charge on any atom is 0.328 e. The number of methoxy groups -OCH3 is 1. The van der Waals surface area contributed by atoms with Crippen LogP contribution < -0.4 is 4.90 Å². The maximum absolute atomic E-state index is 10.8. The minimum atomic E-state index is -0.951. The molecule has 0 aliphatic heterocycles. The second-order valence-electron chi connectivity index (χ2n) is 4.82. The van der Waals surface area contributed by atoms with Crippen LogP contribution in [-0.2, 0) is 9.53 Å². The molecule has 0 heterocycles. The lowest BCUT2D eigenvalue weighted by molar-refractivity contribution is -0.131. The van der Waals surface area contributed by atoms with Gasteiger partial charge in [-0.1, -0.05) is 22.9 Å². The third-order valence-electron chi connectivity index (χ3n) is 3.36. The summed E-state index contributed by atoms with van der Waals surface area (Å²) in [5, 5.41) is 8.84. The van der Waals surface area contributed by atoms with E-state index in [9.17, 15) is 4.79 Å². The summed E-state index contributed by atoms with van der Waals surface area (Å²) in [5.41, 5.74) is 1.89. The first-order valence-electron chi connectivity index (χ1n) is 6.95. The van der Waals surface area contributed by atoms with E-state index in [2.05, 4.69) is 34.7 Å². The largest absolute Gasteiger partial charge is 0.478 e. The highest BCUT2D eigenvalue weighted by molar-refractivity contribution is 9.10. The molecule has 1 atom stereocenters. The zero-order valence-corrected chi connectivity index (χ0v) is 14.3. The number of benzene rings is 1. The Kier molecular flexibility index (Phi) is 7.47. The second-order valence-corrected chi connectivity index (χ2v) is 5.73. The van der Waals surface area contributed by atoms with Crippen molar-refractivity contribution in [3.8, 4) is 0 Å². The number of halogens is 1. The SMILES string of the molecule is CCC(C)N(CCOC)c1ccc(Br)cc1/C=C/C(=O)O. The van der Waals surface area contributed by atoms with Crippen molar-refractivity contribution in [2.24, 2.45) is 0 Å². The van der Waals surface area contributed by atoms with E-state index in [1.54, 1.807) is 13.2 Å². The molecule has 0 amide bonds. The molecule has 1 aromatic carbocycles. The van der Waals surface area contributed by atoms with Crippen LogP contribution in [0.25, 0.3) is 6.08 Å². The molecule has 5 heteroatoms. The van der Waals surface area contributed by atoms with E-state index in [-0.39, 0.29) is 0 Å². The quantitative estimate of drug-likeness (QED) is 0.720. The molecule has 4 nitrogen and oxygen atoms in total. The Morgan fingerprint density at radius 1 is 1.52 bits per heavy atom. The zero-order valence-electron chi connectivity index (χ0n) is 12.7. The van der Waals surface area contributed by atoms with Gasteiger partial charge in [-0.05, 0) is 43.2 Å². The minimum absolute atomic E-state index is 0.346. The monoisotopic (exact) mass is 355 g/mol. The van der Waals surface area contributed by atoms with Gasteiger partial charge in [0.05, 0.1) is 6.61 Å². The average Bonchev–Trinajstić information content (AvgIpc) is 2.46. The van der Waals surface area contributed by atoms with E-state index in [1.165, 1.54) is 0 Å². The van der Waals surface area contributed by atoms with Crippen LogP contribution in [0.2, 0.25) is 0 Å². The van der Waals surface area contributed by atoms with Gasteiger partial charge in [0, 0.05) is 35.9 Å². The first kappa shape index (κ1) is 17.7. The fraction of sp³-hybridized carbons (Fsp3) is 0.438. The summed E-state index contributed by atoms with van der Waals surface area (Å²) in [6.45, 7) is 5.68. The number of aliphatic carboxylic acids is 1. The Balaban J connectivity index is 3.19. The molecule has 0 fully saturated rings. The lowest BCUT2D eigenvalue weighted by atomic mass is 10.1. The standard InChI is InChI=1S/C16H22BrNO3/c1-4-12(2)18(9-10-21-3)15-7-6-14(17)11-13(15)5-8-16(19)20/h5-8,11-12H,4,9-10H2,1-3H3,(H,19,20)/b8-5+. The van der Waals surface area contributed by atoms with Crippen molar-refractivity contribution in [2.45, 2.75) is 26.3 Å². The Morgan fingerprint density at radius 3 is 2.81 bits per heavy atom. The first-order chi connectivity index (χ1) is 9.99. The van der Waals surface area contributed by atoms with E-state index >= 15 is 0 Å². The molecule has 1 aromatic rings. The number of carboxylic acids is 1. The average molecular weight is 356 g/mol. The van der Waals surface area contributed by atoms with Crippen LogP contribution in [0.15, 0.2) is 28.7 Å². The third-order valence-corrected chi connectivity index (χ3v) is 3.86. The van der Waals surface area contributed by atoms with Crippen molar-refractivity contribution in [1.82, 2.24) is 0 Å². The number of nitrogens with zero attached hydrogens (tertiary/aromatic N) is 1. The van der Waals surface area contributed by atoms with Gasteiger partial charge in [0.1, 0.15) is 0 Å². The molecule has 1 N–H and O–H groups in total. The van der Waals surface area contributed by atoms with Crippen LogP contribution in [0.5, 0.6) is 0 Å². The van der Waals surface area contributed by atoms with E-state index in [0.717, 1.165) is 34.8 Å². The fourth-order valence-electron chi connectivity index (χ4n) is 2.07. The van der Waals surface area contributed by atoms with Gasteiger partial charge in [0.15, 0.2) is 0 Å². The van der Waals surface area contributed by atoms with Crippen LogP contribution in [0, 0.1) is 0 Å². The van der Waals surface area contributed by atoms with Gasteiger partial charge in [0.25, 0.3) is 0 Å². The number of ether oxygens (including phenoxy) is 1. The highest BCUT2D eigenvalue weighted by atomic mass is 79.9. The van der Waals surface area contributed by atoms with Crippen LogP contribution in [-0.4, -0.2) is 37.4 Å². The van der Waals surface area contributed by atoms with E-state index in [0.29, 0.717) is 12.6 Å². The van der Waals surface area contributed by atoms with Gasteiger partial charge in [-0.3, -0.25) is 0 Å². The molecule has 0 spiro atoms. The molecule has 1 unspecified atom stereocenters. The van der Waals surface area contributed by atoms with Crippen molar-refractivity contribution in [3.05, 3.63) is 34.3 Å². The van der Waals surface area contributed by atoms with Crippen LogP contribution in [0.1, 0.15) is 25.8 Å². The normalized spacial score (nSPS) is 12.6. The predicted octanol–water partition coefficient (Wildman–Crippen LogP) is 3.80. The van der Waals surface area contributed by atoms with Crippen molar-refractivity contribution < 1.29 is 14.6 Å². The molecule has 0 aromatic heterocycles. The van der Waals surface area contributed by atoms with E-state index < -0.39 is 5.97 Å². The van der Waals surface area contributed by atoms with Gasteiger partial charge >= 0.3 is 5.97 Å². The number of anilines is 1. The highest BCUT2D eigenvalue weighted by Crippen LogP contribution is 2.28. The minimum Gasteiger partial charge on any atom is -0.478 e. The van der Waals surface area contributed by atoms with Gasteiger partial charge < -0.3 is 14.7 Å². The molecular weight excluding hydrogens is 334 g/mol. The molecular formula is C16H22BrNO3. The van der Waals surface area contributed by atoms with Crippen molar-refractivity contribution in [2.75, 3.05) is 25.2 Å². The smallest absolute Gasteiger partial charge is 0.328 e. The number of carbonyl (C=O) groups is 1.